The largest absolute Gasteiger partial charge is 0.307 e. The van der Waals surface area contributed by atoms with Gasteiger partial charge in [-0.05, 0) is 64.5 Å². The molecule has 0 heterocycles. The number of hydrogen-bond acceptors (Lipinski definition) is 1. The standard InChI is InChI=1S/C15H14ClFIN/c1-2-19-15(10-3-6-12(17)7-4-10)11-5-8-14(18)13(16)9-11/h3-9,15,19H,2H2,1H3. The summed E-state index contributed by atoms with van der Waals surface area (Å²) in [6, 6.07) is 12.6. The van der Waals surface area contributed by atoms with Crippen molar-refractivity contribution in [2.24, 2.45) is 0 Å². The Balaban J connectivity index is 2.38. The first-order chi connectivity index (χ1) is 9.11. The second-order valence-electron chi connectivity index (χ2n) is 4.22. The van der Waals surface area contributed by atoms with Crippen LogP contribution in [0.3, 0.4) is 0 Å². The smallest absolute Gasteiger partial charge is 0.123 e. The molecule has 0 saturated carbocycles. The SMILES string of the molecule is CCNC(c1ccc(F)cc1)c1ccc(I)c(Cl)c1. The second kappa shape index (κ2) is 6.68. The van der Waals surface area contributed by atoms with Crippen molar-refractivity contribution in [3.8, 4) is 0 Å². The van der Waals surface area contributed by atoms with Crippen LogP contribution in [0.25, 0.3) is 0 Å². The zero-order valence-electron chi connectivity index (χ0n) is 10.5. The van der Waals surface area contributed by atoms with Crippen LogP contribution >= 0.6 is 34.2 Å². The summed E-state index contributed by atoms with van der Waals surface area (Å²) < 4.78 is 14.0. The van der Waals surface area contributed by atoms with Crippen molar-refractivity contribution in [3.63, 3.8) is 0 Å². The molecule has 0 spiro atoms. The predicted molar refractivity (Wildman–Crippen MR) is 86.1 cm³/mol. The lowest BCUT2D eigenvalue weighted by atomic mass is 9.98. The number of halogens is 3. The van der Waals surface area contributed by atoms with Gasteiger partial charge in [-0.15, -0.1) is 0 Å². The Kier molecular flexibility index (Phi) is 5.19. The Morgan fingerprint density at radius 3 is 2.37 bits per heavy atom. The van der Waals surface area contributed by atoms with Crippen molar-refractivity contribution < 1.29 is 4.39 Å². The van der Waals surface area contributed by atoms with Crippen molar-refractivity contribution in [1.82, 2.24) is 5.32 Å². The van der Waals surface area contributed by atoms with Gasteiger partial charge in [-0.3, -0.25) is 0 Å². The van der Waals surface area contributed by atoms with Crippen molar-refractivity contribution in [3.05, 3.63) is 68.0 Å². The quantitative estimate of drug-likeness (QED) is 0.742. The Bertz CT molecular complexity index is 557. The van der Waals surface area contributed by atoms with E-state index in [1.54, 1.807) is 12.1 Å². The van der Waals surface area contributed by atoms with E-state index in [2.05, 4.69) is 27.9 Å². The van der Waals surface area contributed by atoms with Crippen LogP contribution in [0, 0.1) is 9.39 Å². The highest BCUT2D eigenvalue weighted by Gasteiger charge is 2.14. The second-order valence-corrected chi connectivity index (χ2v) is 5.79. The third-order valence-corrected chi connectivity index (χ3v) is 4.46. The molecule has 4 heteroatoms. The molecule has 0 saturated heterocycles. The maximum atomic E-state index is 13.0. The first-order valence-electron chi connectivity index (χ1n) is 6.05. The molecular formula is C15H14ClFIN. The van der Waals surface area contributed by atoms with Gasteiger partial charge in [0.05, 0.1) is 11.1 Å². The minimum atomic E-state index is -0.223. The zero-order chi connectivity index (χ0) is 13.8. The van der Waals surface area contributed by atoms with Crippen molar-refractivity contribution in [2.45, 2.75) is 13.0 Å². The molecule has 2 aromatic rings. The summed E-state index contributed by atoms with van der Waals surface area (Å²) in [7, 11) is 0. The molecule has 0 fully saturated rings. The van der Waals surface area contributed by atoms with Gasteiger partial charge in [0.2, 0.25) is 0 Å². The van der Waals surface area contributed by atoms with Crippen molar-refractivity contribution >= 4 is 34.2 Å². The first kappa shape index (κ1) is 14.8. The number of hydrogen-bond donors (Lipinski definition) is 1. The molecule has 0 aromatic heterocycles. The molecule has 0 aliphatic heterocycles. The summed E-state index contributed by atoms with van der Waals surface area (Å²) >= 11 is 8.38. The van der Waals surface area contributed by atoms with E-state index in [0.717, 1.165) is 26.3 Å². The fourth-order valence-electron chi connectivity index (χ4n) is 1.98. The average Bonchev–Trinajstić information content (AvgIpc) is 2.41. The third kappa shape index (κ3) is 3.68. The summed E-state index contributed by atoms with van der Waals surface area (Å²) in [4.78, 5) is 0. The number of rotatable bonds is 4. The number of nitrogens with one attached hydrogen (secondary N) is 1. The minimum absolute atomic E-state index is 0.0279. The van der Waals surface area contributed by atoms with Crippen LogP contribution in [-0.2, 0) is 0 Å². The normalized spacial score (nSPS) is 12.4. The lowest BCUT2D eigenvalue weighted by Gasteiger charge is -2.19. The molecule has 2 aromatic carbocycles. The topological polar surface area (TPSA) is 12.0 Å². The van der Waals surface area contributed by atoms with E-state index in [-0.39, 0.29) is 11.9 Å². The molecule has 0 bridgehead atoms. The Morgan fingerprint density at radius 1 is 1.16 bits per heavy atom. The lowest BCUT2D eigenvalue weighted by Crippen LogP contribution is -2.22. The van der Waals surface area contributed by atoms with Crippen LogP contribution in [0.5, 0.6) is 0 Å². The maximum Gasteiger partial charge on any atom is 0.123 e. The molecule has 1 nitrogen and oxygen atoms in total. The van der Waals surface area contributed by atoms with Gasteiger partial charge in [0.15, 0.2) is 0 Å². The molecule has 19 heavy (non-hydrogen) atoms. The van der Waals surface area contributed by atoms with Crippen molar-refractivity contribution in [2.75, 3.05) is 6.54 Å². The van der Waals surface area contributed by atoms with Crippen LogP contribution in [0.15, 0.2) is 42.5 Å². The summed E-state index contributed by atoms with van der Waals surface area (Å²) in [5, 5.41) is 4.14. The number of benzene rings is 2. The predicted octanol–water partition coefficient (Wildman–Crippen LogP) is 4.78. The van der Waals surface area contributed by atoms with Gasteiger partial charge in [0.1, 0.15) is 5.82 Å². The molecule has 100 valence electrons. The van der Waals surface area contributed by atoms with Crippen LogP contribution in [0.4, 0.5) is 4.39 Å². The van der Waals surface area contributed by atoms with Gasteiger partial charge in [-0.25, -0.2) is 4.39 Å². The van der Waals surface area contributed by atoms with Gasteiger partial charge in [0, 0.05) is 3.57 Å². The fraction of sp³-hybridized carbons (Fsp3) is 0.200. The summed E-state index contributed by atoms with van der Waals surface area (Å²) in [5.41, 5.74) is 2.11. The highest BCUT2D eigenvalue weighted by atomic mass is 127. The fourth-order valence-corrected chi connectivity index (χ4v) is 2.50. The van der Waals surface area contributed by atoms with E-state index in [1.807, 2.05) is 25.1 Å². The van der Waals surface area contributed by atoms with E-state index in [0.29, 0.717) is 0 Å². The zero-order valence-corrected chi connectivity index (χ0v) is 13.4. The van der Waals surface area contributed by atoms with Gasteiger partial charge in [-0.1, -0.05) is 36.7 Å². The Hall–Kier alpha value is -0.650. The summed E-state index contributed by atoms with van der Waals surface area (Å²) in [5.74, 6) is -0.223. The molecule has 2 rings (SSSR count). The van der Waals surface area contributed by atoms with E-state index >= 15 is 0 Å². The molecule has 1 unspecified atom stereocenters. The van der Waals surface area contributed by atoms with E-state index in [9.17, 15) is 4.39 Å². The van der Waals surface area contributed by atoms with Crippen LogP contribution in [0.1, 0.15) is 24.1 Å². The first-order valence-corrected chi connectivity index (χ1v) is 7.51. The molecule has 0 aliphatic rings. The average molecular weight is 390 g/mol. The molecule has 0 amide bonds. The monoisotopic (exact) mass is 389 g/mol. The molecule has 1 atom stereocenters. The Morgan fingerprint density at radius 2 is 1.79 bits per heavy atom. The molecular weight excluding hydrogens is 376 g/mol. The highest BCUT2D eigenvalue weighted by Crippen LogP contribution is 2.27. The van der Waals surface area contributed by atoms with E-state index < -0.39 is 0 Å². The minimum Gasteiger partial charge on any atom is -0.307 e. The van der Waals surface area contributed by atoms with Crippen LogP contribution in [0.2, 0.25) is 5.02 Å². The lowest BCUT2D eigenvalue weighted by molar-refractivity contribution is 0.613. The van der Waals surface area contributed by atoms with Crippen LogP contribution < -0.4 is 5.32 Å². The highest BCUT2D eigenvalue weighted by molar-refractivity contribution is 14.1. The van der Waals surface area contributed by atoms with Gasteiger partial charge >= 0.3 is 0 Å². The third-order valence-electron chi connectivity index (χ3n) is 2.89. The molecule has 1 N–H and O–H groups in total. The maximum absolute atomic E-state index is 13.0. The Labute approximate surface area is 131 Å². The van der Waals surface area contributed by atoms with Gasteiger partial charge in [-0.2, -0.15) is 0 Å². The summed E-state index contributed by atoms with van der Waals surface area (Å²) in [6.45, 7) is 2.87. The molecule has 0 aliphatic carbocycles. The summed E-state index contributed by atoms with van der Waals surface area (Å²) in [6.07, 6.45) is 0. The van der Waals surface area contributed by atoms with Gasteiger partial charge < -0.3 is 5.32 Å². The van der Waals surface area contributed by atoms with Crippen molar-refractivity contribution in [1.29, 1.82) is 0 Å². The van der Waals surface area contributed by atoms with Crippen LogP contribution in [-0.4, -0.2) is 6.54 Å². The van der Waals surface area contributed by atoms with Gasteiger partial charge in [0.25, 0.3) is 0 Å². The molecule has 0 radical (unpaired) electrons. The van der Waals surface area contributed by atoms with E-state index in [1.165, 1.54) is 12.1 Å². The van der Waals surface area contributed by atoms with E-state index in [4.69, 9.17) is 11.6 Å².